The zero-order valence-corrected chi connectivity index (χ0v) is 39.2. The fraction of sp³-hybridized carbons (Fsp3) is 0.568. The average molecular weight is 872 g/mol. The van der Waals surface area contributed by atoms with E-state index in [1.165, 1.54) is 14.2 Å². The highest BCUT2D eigenvalue weighted by Gasteiger charge is 2.42. The number of benzene rings is 2. The van der Waals surface area contributed by atoms with Crippen molar-refractivity contribution < 1.29 is 61.1 Å². The first kappa shape index (κ1) is 48.6. The Morgan fingerprint density at radius 1 is 0.700 bits per heavy atom. The Labute approximate surface area is 357 Å². The van der Waals surface area contributed by atoms with Crippen LogP contribution < -0.4 is 10.1 Å². The molecule has 2 aromatic rings. The van der Waals surface area contributed by atoms with E-state index in [1.807, 2.05) is 36.4 Å². The summed E-state index contributed by atoms with van der Waals surface area (Å²) in [5, 5.41) is 2.52. The van der Waals surface area contributed by atoms with Gasteiger partial charge in [-0.3, -0.25) is 0 Å². The van der Waals surface area contributed by atoms with E-state index in [9.17, 15) is 14.4 Å². The van der Waals surface area contributed by atoms with Gasteiger partial charge in [-0.1, -0.05) is 90.1 Å². The Balaban J connectivity index is 1.45. The summed E-state index contributed by atoms with van der Waals surface area (Å²) in [6.07, 6.45) is 1.52. The maximum Gasteiger partial charge on any atom is 0.508 e. The number of amides is 1. The molecular formula is C44H65NO13Si2. The van der Waals surface area contributed by atoms with Gasteiger partial charge in [0.05, 0.1) is 27.4 Å². The van der Waals surface area contributed by atoms with Crippen LogP contribution in [0.15, 0.2) is 78.9 Å². The second-order valence-electron chi connectivity index (χ2n) is 17.9. The molecule has 14 nitrogen and oxygen atoms in total. The van der Waals surface area contributed by atoms with Gasteiger partial charge in [0, 0.05) is 6.42 Å². The summed E-state index contributed by atoms with van der Waals surface area (Å²) in [5.74, 6) is -0.0876. The minimum absolute atomic E-state index is 0.0420. The minimum atomic E-state index is -2.20. The van der Waals surface area contributed by atoms with E-state index in [0.29, 0.717) is 5.75 Å². The zero-order valence-electron chi connectivity index (χ0n) is 37.2. The fourth-order valence-corrected chi connectivity index (χ4v) is 7.57. The molecule has 1 N–H and O–H groups in total. The highest BCUT2D eigenvalue weighted by Crippen LogP contribution is 2.38. The fourth-order valence-electron chi connectivity index (χ4n) is 5.54. The lowest BCUT2D eigenvalue weighted by Crippen LogP contribution is -2.50. The zero-order chi connectivity index (χ0) is 44.3. The van der Waals surface area contributed by atoms with Gasteiger partial charge in [-0.2, -0.15) is 0 Å². The van der Waals surface area contributed by atoms with Crippen molar-refractivity contribution in [2.75, 3.05) is 27.4 Å². The highest BCUT2D eigenvalue weighted by molar-refractivity contribution is 6.74. The monoisotopic (exact) mass is 871 g/mol. The molecular weight excluding hydrogens is 807 g/mol. The van der Waals surface area contributed by atoms with Gasteiger partial charge < -0.3 is 52.1 Å². The van der Waals surface area contributed by atoms with Crippen LogP contribution in [0.25, 0.3) is 0 Å². The van der Waals surface area contributed by atoms with E-state index in [0.717, 1.165) is 11.1 Å². The predicted molar refractivity (Wildman–Crippen MR) is 230 cm³/mol. The van der Waals surface area contributed by atoms with Gasteiger partial charge in [-0.25, -0.2) is 14.4 Å². The van der Waals surface area contributed by atoms with E-state index >= 15 is 0 Å². The van der Waals surface area contributed by atoms with Gasteiger partial charge >= 0.3 is 18.2 Å². The number of ether oxygens (including phenoxy) is 8. The third kappa shape index (κ3) is 14.3. The first-order valence-corrected chi connectivity index (χ1v) is 26.1. The van der Waals surface area contributed by atoms with Crippen molar-refractivity contribution in [1.82, 2.24) is 5.32 Å². The highest BCUT2D eigenvalue weighted by atomic mass is 28.4. The van der Waals surface area contributed by atoms with Crippen LogP contribution in [0.5, 0.6) is 5.75 Å². The molecule has 0 fully saturated rings. The number of esters is 1. The quantitative estimate of drug-likeness (QED) is 0.0703. The summed E-state index contributed by atoms with van der Waals surface area (Å²) in [5.41, 5.74) is 1.57. The minimum Gasteiger partial charge on any atom is -0.467 e. The van der Waals surface area contributed by atoms with Crippen LogP contribution in [0.2, 0.25) is 36.3 Å². The SMILES string of the molecule is COC(=O)O[C@H]1C=C[C@@H](O[C@H]2C=C[C@@H](Oc3ccc(C[C@@H](NC(=O)OCc4ccccc4)C(=O)OC)cc3)O[C@@H]2CO[Si](C)(C)C(C)(C)C)O[C@@H]1CO[Si](C)(C)C(C)(C)C. The van der Waals surface area contributed by atoms with Crippen LogP contribution in [0.3, 0.4) is 0 Å². The van der Waals surface area contributed by atoms with Gasteiger partial charge in [0.1, 0.15) is 36.7 Å². The molecule has 2 heterocycles. The molecule has 0 spiro atoms. The standard InChI is InChI=1S/C44H65NO13Si2/c1-43(2,3)59(9,10)52-28-36-34(55-39-25-23-35(58-42(48)50-8)37(57-39)29-53-60(11,12)44(4,5)6)22-24-38(56-36)54-32-20-18-30(19-21-32)26-33(40(46)49-7)45-41(47)51-27-31-16-14-13-15-17-31/h13-25,33-39H,26-29H2,1-12H3,(H,45,47)/t33-,34+,35+,36-,37-,38+,39+/m1/s1. The van der Waals surface area contributed by atoms with Gasteiger partial charge in [0.2, 0.25) is 6.29 Å². The lowest BCUT2D eigenvalue weighted by Gasteiger charge is -2.41. The van der Waals surface area contributed by atoms with E-state index in [-0.39, 0.29) is 36.3 Å². The molecule has 2 aromatic carbocycles. The second-order valence-corrected chi connectivity index (χ2v) is 27.5. The summed E-state index contributed by atoms with van der Waals surface area (Å²) < 4.78 is 59.3. The number of hydrogen-bond donors (Lipinski definition) is 1. The van der Waals surface area contributed by atoms with E-state index < -0.39 is 77.9 Å². The maximum absolute atomic E-state index is 12.6. The Hall–Kier alpha value is -4.04. The Bertz CT molecular complexity index is 1760. The first-order valence-electron chi connectivity index (χ1n) is 20.3. The summed E-state index contributed by atoms with van der Waals surface area (Å²) in [4.78, 5) is 37.3. The molecule has 0 unspecified atom stereocenters. The molecule has 16 heteroatoms. The maximum atomic E-state index is 12.6. The topological polar surface area (TPSA) is 156 Å². The summed E-state index contributed by atoms with van der Waals surface area (Å²) >= 11 is 0. The number of methoxy groups -OCH3 is 2. The Morgan fingerprint density at radius 3 is 1.82 bits per heavy atom. The van der Waals surface area contributed by atoms with E-state index in [4.69, 9.17) is 46.7 Å². The molecule has 0 saturated heterocycles. The molecule has 0 radical (unpaired) electrons. The lowest BCUT2D eigenvalue weighted by molar-refractivity contribution is -0.226. The molecule has 0 aromatic heterocycles. The third-order valence-electron chi connectivity index (χ3n) is 11.4. The van der Waals surface area contributed by atoms with Crippen LogP contribution in [0.1, 0.15) is 52.7 Å². The second kappa shape index (κ2) is 21.2. The van der Waals surface area contributed by atoms with Crippen LogP contribution in [0, 0.1) is 0 Å². The van der Waals surface area contributed by atoms with Crippen LogP contribution in [-0.4, -0.2) is 105 Å². The molecule has 0 bridgehead atoms. The molecule has 1 amide bonds. The molecule has 2 aliphatic rings. The summed E-state index contributed by atoms with van der Waals surface area (Å²) in [6, 6.07) is 15.4. The van der Waals surface area contributed by atoms with E-state index in [1.54, 1.807) is 42.5 Å². The van der Waals surface area contributed by atoms with Crippen molar-refractivity contribution >= 4 is 34.9 Å². The molecule has 0 saturated carbocycles. The number of nitrogens with one attached hydrogen (secondary N) is 1. The van der Waals surface area contributed by atoms with Crippen molar-refractivity contribution in [3.05, 3.63) is 90.0 Å². The normalized spacial score (nSPS) is 22.7. The van der Waals surface area contributed by atoms with Gasteiger partial charge in [-0.15, -0.1) is 0 Å². The predicted octanol–water partition coefficient (Wildman–Crippen LogP) is 8.22. The third-order valence-corrected chi connectivity index (χ3v) is 20.4. The number of carbonyl (C=O) groups excluding carboxylic acids is 3. The Kier molecular flexibility index (Phi) is 17.2. The number of rotatable bonds is 17. The van der Waals surface area contributed by atoms with Gasteiger partial charge in [0.25, 0.3) is 0 Å². The van der Waals surface area contributed by atoms with Crippen LogP contribution in [0.4, 0.5) is 9.59 Å². The summed E-state index contributed by atoms with van der Waals surface area (Å²) in [7, 11) is -1.85. The molecule has 4 rings (SSSR count). The molecule has 7 atom stereocenters. The molecule has 0 aliphatic carbocycles. The molecule has 60 heavy (non-hydrogen) atoms. The van der Waals surface area contributed by atoms with Crippen molar-refractivity contribution in [2.45, 2.75) is 134 Å². The van der Waals surface area contributed by atoms with Crippen molar-refractivity contribution in [2.24, 2.45) is 0 Å². The number of carbonyl (C=O) groups is 3. The average Bonchev–Trinajstić information content (AvgIpc) is 3.19. The number of hydrogen-bond acceptors (Lipinski definition) is 13. The smallest absolute Gasteiger partial charge is 0.467 e. The van der Waals surface area contributed by atoms with E-state index in [2.05, 4.69) is 73.0 Å². The van der Waals surface area contributed by atoms with Crippen LogP contribution >= 0.6 is 0 Å². The van der Waals surface area contributed by atoms with Crippen LogP contribution in [-0.2, 0) is 59.8 Å². The Morgan fingerprint density at radius 2 is 1.25 bits per heavy atom. The molecule has 332 valence electrons. The largest absolute Gasteiger partial charge is 0.508 e. The van der Waals surface area contributed by atoms with Gasteiger partial charge in [-0.05, 0) is 77.8 Å². The van der Waals surface area contributed by atoms with Gasteiger partial charge in [0.15, 0.2) is 29.0 Å². The van der Waals surface area contributed by atoms with Crippen molar-refractivity contribution in [3.63, 3.8) is 0 Å². The number of alkyl carbamates (subject to hydrolysis) is 1. The van der Waals surface area contributed by atoms with Crippen molar-refractivity contribution in [1.29, 1.82) is 0 Å². The first-order chi connectivity index (χ1) is 28.1. The van der Waals surface area contributed by atoms with Crippen molar-refractivity contribution in [3.8, 4) is 5.75 Å². The lowest BCUT2D eigenvalue weighted by atomic mass is 10.1. The summed E-state index contributed by atoms with van der Waals surface area (Å²) in [6.45, 7) is 22.1. The molecule has 2 aliphatic heterocycles.